The third-order valence-electron chi connectivity index (χ3n) is 3.74. The van der Waals surface area contributed by atoms with Gasteiger partial charge in [-0.25, -0.2) is 4.79 Å². The van der Waals surface area contributed by atoms with Crippen molar-refractivity contribution >= 4 is 29.3 Å². The van der Waals surface area contributed by atoms with E-state index in [4.69, 9.17) is 32.2 Å². The summed E-state index contributed by atoms with van der Waals surface area (Å²) in [6.45, 7) is 0.377. The fraction of sp³-hybridized carbons (Fsp3) is 0.222. The average Bonchev–Trinajstić information content (AvgIpc) is 2.64. The van der Waals surface area contributed by atoms with Gasteiger partial charge in [0.15, 0.2) is 5.96 Å². The summed E-state index contributed by atoms with van der Waals surface area (Å²) >= 11 is 6.36. The summed E-state index contributed by atoms with van der Waals surface area (Å²) in [7, 11) is 4.40. The van der Waals surface area contributed by atoms with E-state index in [0.29, 0.717) is 23.8 Å². The van der Waals surface area contributed by atoms with Crippen LogP contribution in [0.4, 0.5) is 10.5 Å². The molecule has 7 nitrogen and oxygen atoms in total. The van der Waals surface area contributed by atoms with Gasteiger partial charge in [0.25, 0.3) is 0 Å². The molecule has 0 bridgehead atoms. The molecule has 0 aliphatic heterocycles. The Morgan fingerprint density at radius 2 is 1.88 bits per heavy atom. The molecule has 2 aromatic rings. The molecule has 8 heteroatoms. The molecule has 0 aromatic heterocycles. The minimum Gasteiger partial charge on any atom is -0.494 e. The molecule has 0 aliphatic rings. The maximum Gasteiger partial charge on any atom is 0.330 e. The molecular weight excluding hydrogens is 356 g/mol. The smallest absolute Gasteiger partial charge is 0.330 e. The van der Waals surface area contributed by atoms with E-state index >= 15 is 0 Å². The maximum atomic E-state index is 12.4. The lowest BCUT2D eigenvalue weighted by Crippen LogP contribution is -2.45. The van der Waals surface area contributed by atoms with Crippen molar-refractivity contribution in [1.82, 2.24) is 4.90 Å². The summed E-state index contributed by atoms with van der Waals surface area (Å²) in [4.78, 5) is 14.6. The van der Waals surface area contributed by atoms with Crippen LogP contribution in [0.1, 0.15) is 5.56 Å². The number of methoxy groups -OCH3 is 1. The molecule has 26 heavy (non-hydrogen) atoms. The first-order chi connectivity index (χ1) is 12.3. The summed E-state index contributed by atoms with van der Waals surface area (Å²) in [5.74, 6) is 0.508. The molecule has 0 aliphatic carbocycles. The number of amides is 2. The Morgan fingerprint density at radius 3 is 2.46 bits per heavy atom. The minimum atomic E-state index is -0.518. The van der Waals surface area contributed by atoms with E-state index in [-0.39, 0.29) is 11.0 Å². The van der Waals surface area contributed by atoms with Gasteiger partial charge in [0.1, 0.15) is 23.8 Å². The molecule has 0 fully saturated rings. The molecule has 0 atom stereocenters. The van der Waals surface area contributed by atoms with Crippen LogP contribution >= 0.6 is 11.6 Å². The Morgan fingerprint density at radius 1 is 1.23 bits per heavy atom. The van der Waals surface area contributed by atoms with Crippen LogP contribution in [0.25, 0.3) is 0 Å². The van der Waals surface area contributed by atoms with Crippen molar-refractivity contribution in [3.8, 4) is 11.5 Å². The summed E-state index contributed by atoms with van der Waals surface area (Å²) in [6.07, 6.45) is 0. The second-order valence-corrected chi connectivity index (χ2v) is 5.92. The van der Waals surface area contributed by atoms with Crippen molar-refractivity contribution in [1.29, 1.82) is 5.41 Å². The molecule has 3 N–H and O–H groups in total. The van der Waals surface area contributed by atoms with Gasteiger partial charge >= 0.3 is 6.03 Å². The highest BCUT2D eigenvalue weighted by atomic mass is 35.5. The molecular formula is C18H21ClN4O3. The number of halogens is 1. The number of nitrogens with one attached hydrogen (secondary N) is 1. The number of anilines is 1. The Hall–Kier alpha value is -2.93. The van der Waals surface area contributed by atoms with Gasteiger partial charge in [-0.1, -0.05) is 41.9 Å². The molecule has 0 spiro atoms. The third-order valence-corrected chi connectivity index (χ3v) is 4.03. The maximum absolute atomic E-state index is 12.4. The Kier molecular flexibility index (Phi) is 6.30. The first-order valence-electron chi connectivity index (χ1n) is 7.74. The van der Waals surface area contributed by atoms with E-state index in [1.807, 2.05) is 30.3 Å². The van der Waals surface area contributed by atoms with Crippen LogP contribution in [0.2, 0.25) is 5.02 Å². The molecule has 0 saturated carbocycles. The van der Waals surface area contributed by atoms with Gasteiger partial charge in [-0.05, 0) is 5.56 Å². The lowest BCUT2D eigenvalue weighted by atomic mass is 10.2. The van der Waals surface area contributed by atoms with Crippen molar-refractivity contribution in [2.45, 2.75) is 6.61 Å². The fourth-order valence-electron chi connectivity index (χ4n) is 2.28. The number of hydrogen-bond donors (Lipinski definition) is 2. The molecule has 0 unspecified atom stereocenters. The zero-order valence-electron chi connectivity index (χ0n) is 14.8. The lowest BCUT2D eigenvalue weighted by molar-refractivity contribution is 0.233. The van der Waals surface area contributed by atoms with E-state index in [2.05, 4.69) is 0 Å². The number of carbonyl (C=O) groups is 1. The first-order valence-corrected chi connectivity index (χ1v) is 8.12. The van der Waals surface area contributed by atoms with Gasteiger partial charge in [-0.15, -0.1) is 0 Å². The second-order valence-electron chi connectivity index (χ2n) is 5.52. The van der Waals surface area contributed by atoms with Crippen molar-refractivity contribution in [3.05, 3.63) is 53.1 Å². The van der Waals surface area contributed by atoms with Gasteiger partial charge in [-0.3, -0.25) is 15.2 Å². The van der Waals surface area contributed by atoms with E-state index in [9.17, 15) is 4.79 Å². The van der Waals surface area contributed by atoms with Crippen molar-refractivity contribution in [2.75, 3.05) is 26.1 Å². The lowest BCUT2D eigenvalue weighted by Gasteiger charge is -2.26. The molecule has 0 radical (unpaired) electrons. The zero-order chi connectivity index (χ0) is 19.3. The van der Waals surface area contributed by atoms with Crippen LogP contribution in [0, 0.1) is 5.41 Å². The van der Waals surface area contributed by atoms with Gasteiger partial charge in [0.2, 0.25) is 0 Å². The van der Waals surface area contributed by atoms with E-state index in [1.165, 1.54) is 26.1 Å². The topological polar surface area (TPSA) is 91.9 Å². The summed E-state index contributed by atoms with van der Waals surface area (Å²) in [6, 6.07) is 12.5. The molecule has 2 amide bonds. The van der Waals surface area contributed by atoms with Gasteiger partial charge in [-0.2, -0.15) is 0 Å². The largest absolute Gasteiger partial charge is 0.494 e. The summed E-state index contributed by atoms with van der Waals surface area (Å²) in [5, 5.41) is 7.66. The number of urea groups is 1. The minimum absolute atomic E-state index is 0.278. The van der Waals surface area contributed by atoms with E-state index in [0.717, 1.165) is 10.5 Å². The van der Waals surface area contributed by atoms with Crippen LogP contribution in [0.5, 0.6) is 11.5 Å². The molecule has 2 aromatic carbocycles. The summed E-state index contributed by atoms with van der Waals surface area (Å²) in [5.41, 5.74) is 6.73. The van der Waals surface area contributed by atoms with Crippen LogP contribution in [-0.4, -0.2) is 38.1 Å². The quantitative estimate of drug-likeness (QED) is 0.618. The van der Waals surface area contributed by atoms with Crippen molar-refractivity contribution in [2.24, 2.45) is 5.73 Å². The fourth-order valence-corrected chi connectivity index (χ4v) is 2.61. The predicted octanol–water partition coefficient (Wildman–Crippen LogP) is 3.31. The highest BCUT2D eigenvalue weighted by molar-refractivity contribution is 6.34. The van der Waals surface area contributed by atoms with Crippen LogP contribution in [-0.2, 0) is 6.61 Å². The number of rotatable bonds is 5. The molecule has 2 rings (SSSR count). The summed E-state index contributed by atoms with van der Waals surface area (Å²) < 4.78 is 11.1. The van der Waals surface area contributed by atoms with Gasteiger partial charge in [0, 0.05) is 26.2 Å². The van der Waals surface area contributed by atoms with Crippen molar-refractivity contribution < 1.29 is 14.3 Å². The Balaban J connectivity index is 2.26. The molecule has 0 heterocycles. The molecule has 0 saturated heterocycles. The zero-order valence-corrected chi connectivity index (χ0v) is 15.6. The first kappa shape index (κ1) is 19.4. The Bertz CT molecular complexity index is 799. The van der Waals surface area contributed by atoms with Crippen LogP contribution in [0.15, 0.2) is 42.5 Å². The van der Waals surface area contributed by atoms with Crippen molar-refractivity contribution in [3.63, 3.8) is 0 Å². The number of benzene rings is 2. The van der Waals surface area contributed by atoms with E-state index < -0.39 is 6.03 Å². The average molecular weight is 377 g/mol. The predicted molar refractivity (Wildman–Crippen MR) is 102 cm³/mol. The Labute approximate surface area is 157 Å². The number of nitrogens with two attached hydrogens (primary N) is 1. The van der Waals surface area contributed by atoms with Crippen LogP contribution < -0.4 is 20.1 Å². The third kappa shape index (κ3) is 4.37. The monoisotopic (exact) mass is 376 g/mol. The SMILES string of the molecule is COc1cc(OCc2ccccc2)cc(Cl)c1N(C)C(=O)N(C)C(=N)N. The van der Waals surface area contributed by atoms with Gasteiger partial charge in [0.05, 0.1) is 12.1 Å². The van der Waals surface area contributed by atoms with E-state index in [1.54, 1.807) is 12.1 Å². The number of hydrogen-bond acceptors (Lipinski definition) is 4. The number of carbonyl (C=O) groups excluding carboxylic acids is 1. The van der Waals surface area contributed by atoms with Crippen LogP contribution in [0.3, 0.4) is 0 Å². The standard InChI is InChI=1S/C18H21ClN4O3/c1-22(18(24)23(2)17(20)21)16-14(19)9-13(10-15(16)25-3)26-11-12-7-5-4-6-8-12/h4-10H,11H2,1-3H3,(H3,20,21). The second kappa shape index (κ2) is 8.44. The normalized spacial score (nSPS) is 10.2. The number of guanidine groups is 1. The van der Waals surface area contributed by atoms with Gasteiger partial charge < -0.3 is 15.2 Å². The highest BCUT2D eigenvalue weighted by Crippen LogP contribution is 2.39. The molecule has 138 valence electrons. The number of nitrogens with zero attached hydrogens (tertiary/aromatic N) is 2. The number of ether oxygens (including phenoxy) is 2. The highest BCUT2D eigenvalue weighted by Gasteiger charge is 2.24.